The average Bonchev–Trinajstić information content (AvgIpc) is 2.75. The lowest BCUT2D eigenvalue weighted by molar-refractivity contribution is 1.05. The van der Waals surface area contributed by atoms with Crippen molar-refractivity contribution in [3.8, 4) is 11.4 Å². The second-order valence-electron chi connectivity index (χ2n) is 4.02. The lowest BCUT2D eigenvalue weighted by atomic mass is 10.2. The lowest BCUT2D eigenvalue weighted by Crippen LogP contribution is -1.94. The van der Waals surface area contributed by atoms with E-state index in [0.29, 0.717) is 5.69 Å². The summed E-state index contributed by atoms with van der Waals surface area (Å²) in [4.78, 5) is 4.25. The molecule has 3 aromatic rings. The van der Waals surface area contributed by atoms with Crippen molar-refractivity contribution in [1.82, 2.24) is 19.6 Å². The van der Waals surface area contributed by atoms with Gasteiger partial charge in [0, 0.05) is 27.5 Å². The van der Waals surface area contributed by atoms with Gasteiger partial charge in [-0.2, -0.15) is 0 Å². The van der Waals surface area contributed by atoms with E-state index in [0.717, 1.165) is 27.2 Å². The Morgan fingerprint density at radius 2 is 2.06 bits per heavy atom. The number of aryl methyl sites for hydroxylation is 1. The number of hydrogen-bond acceptors (Lipinski definition) is 4. The first kappa shape index (κ1) is 11.2. The molecule has 1 aromatic carbocycles. The molecule has 0 atom stereocenters. The van der Waals surface area contributed by atoms with Crippen LogP contribution in [0.1, 0.15) is 5.69 Å². The topological polar surface area (TPSA) is 69.1 Å². The van der Waals surface area contributed by atoms with Crippen LogP contribution in [0.4, 0.5) is 5.69 Å². The molecule has 0 radical (unpaired) electrons. The van der Waals surface area contributed by atoms with Crippen LogP contribution in [0.5, 0.6) is 0 Å². The standard InChI is InChI=1S/C12H10BrN5/c1-7-4-11-16-17-12(18(11)6-15-7)9-5-8(14)2-3-10(9)13/h2-6H,14H2,1H3. The van der Waals surface area contributed by atoms with E-state index in [-0.39, 0.29) is 0 Å². The molecule has 3 rings (SSSR count). The Bertz CT molecular complexity index is 734. The maximum absolute atomic E-state index is 5.81. The zero-order valence-corrected chi connectivity index (χ0v) is 11.2. The fourth-order valence-corrected chi connectivity index (χ4v) is 2.21. The van der Waals surface area contributed by atoms with Crippen LogP contribution < -0.4 is 5.73 Å². The molecule has 0 saturated heterocycles. The van der Waals surface area contributed by atoms with Crippen LogP contribution in [0.25, 0.3) is 17.0 Å². The van der Waals surface area contributed by atoms with Crippen LogP contribution >= 0.6 is 15.9 Å². The summed E-state index contributed by atoms with van der Waals surface area (Å²) in [5, 5.41) is 8.33. The lowest BCUT2D eigenvalue weighted by Gasteiger charge is -2.04. The third kappa shape index (κ3) is 1.74. The monoisotopic (exact) mass is 303 g/mol. The zero-order valence-electron chi connectivity index (χ0n) is 9.63. The summed E-state index contributed by atoms with van der Waals surface area (Å²) in [5.74, 6) is 0.719. The third-order valence-corrected chi connectivity index (χ3v) is 3.36. The van der Waals surface area contributed by atoms with Crippen molar-refractivity contribution < 1.29 is 0 Å². The fraction of sp³-hybridized carbons (Fsp3) is 0.0833. The van der Waals surface area contributed by atoms with Gasteiger partial charge in [0.05, 0.1) is 0 Å². The molecule has 2 N–H and O–H groups in total. The molecule has 0 saturated carbocycles. The Labute approximate surface area is 112 Å². The van der Waals surface area contributed by atoms with E-state index in [9.17, 15) is 0 Å². The molecule has 0 spiro atoms. The normalized spacial score (nSPS) is 11.0. The van der Waals surface area contributed by atoms with Gasteiger partial charge >= 0.3 is 0 Å². The van der Waals surface area contributed by atoms with Crippen molar-refractivity contribution in [3.63, 3.8) is 0 Å². The number of nitrogens with zero attached hydrogens (tertiary/aromatic N) is 4. The van der Waals surface area contributed by atoms with E-state index in [4.69, 9.17) is 5.73 Å². The smallest absolute Gasteiger partial charge is 0.170 e. The van der Waals surface area contributed by atoms with Crippen molar-refractivity contribution in [1.29, 1.82) is 0 Å². The van der Waals surface area contributed by atoms with Crippen molar-refractivity contribution in [3.05, 3.63) is 40.8 Å². The second kappa shape index (κ2) is 4.06. The van der Waals surface area contributed by atoms with Gasteiger partial charge in [0.1, 0.15) is 6.33 Å². The minimum atomic E-state index is 0.685. The Balaban J connectivity index is 2.28. The van der Waals surface area contributed by atoms with Crippen molar-refractivity contribution in [2.45, 2.75) is 6.92 Å². The summed E-state index contributed by atoms with van der Waals surface area (Å²) in [5.41, 5.74) is 9.07. The molecule has 18 heavy (non-hydrogen) atoms. The number of nitrogen functional groups attached to an aromatic ring is 1. The van der Waals surface area contributed by atoms with Crippen LogP contribution in [-0.4, -0.2) is 19.6 Å². The van der Waals surface area contributed by atoms with E-state index in [2.05, 4.69) is 31.1 Å². The van der Waals surface area contributed by atoms with E-state index >= 15 is 0 Å². The predicted molar refractivity (Wildman–Crippen MR) is 73.1 cm³/mol. The molecule has 0 fully saturated rings. The molecule has 0 aliphatic heterocycles. The van der Waals surface area contributed by atoms with E-state index in [1.165, 1.54) is 0 Å². The summed E-state index contributed by atoms with van der Waals surface area (Å²) >= 11 is 3.49. The van der Waals surface area contributed by atoms with Crippen molar-refractivity contribution >= 4 is 27.3 Å². The van der Waals surface area contributed by atoms with Gasteiger partial charge in [-0.25, -0.2) is 4.98 Å². The number of anilines is 1. The van der Waals surface area contributed by atoms with Crippen LogP contribution in [0.2, 0.25) is 0 Å². The van der Waals surface area contributed by atoms with Gasteiger partial charge in [0.25, 0.3) is 0 Å². The van der Waals surface area contributed by atoms with Crippen LogP contribution in [0, 0.1) is 6.92 Å². The number of hydrogen-bond donors (Lipinski definition) is 1. The maximum atomic E-state index is 5.81. The second-order valence-corrected chi connectivity index (χ2v) is 4.88. The van der Waals surface area contributed by atoms with Gasteiger partial charge in [-0.05, 0) is 25.1 Å². The molecule has 0 aliphatic rings. The molecule has 2 aromatic heterocycles. The van der Waals surface area contributed by atoms with Crippen LogP contribution in [0.15, 0.2) is 35.1 Å². The Morgan fingerprint density at radius 3 is 2.89 bits per heavy atom. The SMILES string of the molecule is Cc1cc2nnc(-c3cc(N)ccc3Br)n2cn1. The average molecular weight is 304 g/mol. The van der Waals surface area contributed by atoms with Gasteiger partial charge < -0.3 is 5.73 Å². The van der Waals surface area contributed by atoms with Crippen LogP contribution in [-0.2, 0) is 0 Å². The number of benzene rings is 1. The number of rotatable bonds is 1. The molecule has 0 unspecified atom stereocenters. The molecule has 90 valence electrons. The first-order valence-corrected chi connectivity index (χ1v) is 6.17. The molecular formula is C12H10BrN5. The predicted octanol–water partition coefficient (Wildman–Crippen LogP) is 2.44. The highest BCUT2D eigenvalue weighted by atomic mass is 79.9. The molecule has 0 aliphatic carbocycles. The highest BCUT2D eigenvalue weighted by Crippen LogP contribution is 2.28. The zero-order chi connectivity index (χ0) is 12.7. The molecule has 0 amide bonds. The number of aromatic nitrogens is 4. The summed E-state index contributed by atoms with van der Waals surface area (Å²) in [7, 11) is 0. The molecule has 2 heterocycles. The minimum absolute atomic E-state index is 0.685. The van der Waals surface area contributed by atoms with Gasteiger partial charge in [0.15, 0.2) is 11.5 Å². The first-order chi connectivity index (χ1) is 8.65. The number of nitrogens with two attached hydrogens (primary N) is 1. The number of halogens is 1. The summed E-state index contributed by atoms with van der Waals surface area (Å²) < 4.78 is 2.76. The highest BCUT2D eigenvalue weighted by molar-refractivity contribution is 9.10. The summed E-state index contributed by atoms with van der Waals surface area (Å²) in [6, 6.07) is 7.48. The minimum Gasteiger partial charge on any atom is -0.399 e. The van der Waals surface area contributed by atoms with Gasteiger partial charge in [-0.15, -0.1) is 10.2 Å². The van der Waals surface area contributed by atoms with E-state index in [1.807, 2.05) is 35.6 Å². The molecule has 0 bridgehead atoms. The van der Waals surface area contributed by atoms with E-state index < -0.39 is 0 Å². The van der Waals surface area contributed by atoms with Gasteiger partial charge in [-0.3, -0.25) is 4.40 Å². The van der Waals surface area contributed by atoms with Gasteiger partial charge in [-0.1, -0.05) is 15.9 Å². The Morgan fingerprint density at radius 1 is 1.22 bits per heavy atom. The summed E-state index contributed by atoms with van der Waals surface area (Å²) in [6.45, 7) is 1.92. The fourth-order valence-electron chi connectivity index (χ4n) is 1.79. The molecule has 6 heteroatoms. The van der Waals surface area contributed by atoms with E-state index in [1.54, 1.807) is 6.33 Å². The summed E-state index contributed by atoms with van der Waals surface area (Å²) in [6.07, 6.45) is 1.72. The first-order valence-electron chi connectivity index (χ1n) is 5.38. The number of fused-ring (bicyclic) bond motifs is 1. The molecule has 5 nitrogen and oxygen atoms in total. The quantitative estimate of drug-likeness (QED) is 0.701. The van der Waals surface area contributed by atoms with Crippen molar-refractivity contribution in [2.24, 2.45) is 0 Å². The Kier molecular flexibility index (Phi) is 2.52. The van der Waals surface area contributed by atoms with Gasteiger partial charge in [0.2, 0.25) is 0 Å². The molecular weight excluding hydrogens is 294 g/mol. The highest BCUT2D eigenvalue weighted by Gasteiger charge is 2.11. The van der Waals surface area contributed by atoms with Crippen molar-refractivity contribution in [2.75, 3.05) is 5.73 Å². The Hall–Kier alpha value is -1.95. The maximum Gasteiger partial charge on any atom is 0.170 e. The third-order valence-electron chi connectivity index (χ3n) is 2.67. The van der Waals surface area contributed by atoms with Crippen LogP contribution in [0.3, 0.4) is 0 Å². The largest absolute Gasteiger partial charge is 0.399 e.